The SMILES string of the molecule is COc1ccc([C@H](CC(=O)Nc2ccc(C)cc2C)N2Cc3ccccc3C2=O)cc1OC. The number of hydrogen-bond donors (Lipinski definition) is 1. The van der Waals surface area contributed by atoms with Crippen molar-refractivity contribution < 1.29 is 19.1 Å². The molecule has 0 radical (unpaired) electrons. The number of anilines is 1. The van der Waals surface area contributed by atoms with Crippen LogP contribution in [0.4, 0.5) is 5.69 Å². The maximum atomic E-state index is 13.3. The molecule has 0 aromatic heterocycles. The second-order valence-corrected chi connectivity index (χ2v) is 8.29. The van der Waals surface area contributed by atoms with Gasteiger partial charge in [0.05, 0.1) is 26.7 Å². The molecule has 6 nitrogen and oxygen atoms in total. The van der Waals surface area contributed by atoms with Gasteiger partial charge in [0.25, 0.3) is 5.91 Å². The Kier molecular flexibility index (Phi) is 6.36. The number of aryl methyl sites for hydroxylation is 2. The Labute approximate surface area is 194 Å². The first-order valence-electron chi connectivity index (χ1n) is 10.9. The van der Waals surface area contributed by atoms with Gasteiger partial charge in [0, 0.05) is 17.8 Å². The molecule has 0 fully saturated rings. The summed E-state index contributed by atoms with van der Waals surface area (Å²) in [6, 6.07) is 18.5. The molecule has 1 heterocycles. The van der Waals surface area contributed by atoms with Gasteiger partial charge >= 0.3 is 0 Å². The molecule has 1 N–H and O–H groups in total. The lowest BCUT2D eigenvalue weighted by atomic mass is 10.0. The van der Waals surface area contributed by atoms with Crippen LogP contribution in [0.2, 0.25) is 0 Å². The smallest absolute Gasteiger partial charge is 0.255 e. The highest BCUT2D eigenvalue weighted by atomic mass is 16.5. The van der Waals surface area contributed by atoms with Crippen molar-refractivity contribution in [1.82, 2.24) is 4.90 Å². The van der Waals surface area contributed by atoms with E-state index >= 15 is 0 Å². The molecule has 0 saturated carbocycles. The third-order valence-electron chi connectivity index (χ3n) is 6.05. The second-order valence-electron chi connectivity index (χ2n) is 8.29. The van der Waals surface area contributed by atoms with E-state index in [1.165, 1.54) is 0 Å². The molecular weight excluding hydrogens is 416 g/mol. The fourth-order valence-corrected chi connectivity index (χ4v) is 4.33. The van der Waals surface area contributed by atoms with E-state index in [0.29, 0.717) is 23.6 Å². The fourth-order valence-electron chi connectivity index (χ4n) is 4.33. The fraction of sp³-hybridized carbons (Fsp3) is 0.259. The van der Waals surface area contributed by atoms with Crippen LogP contribution in [0.3, 0.4) is 0 Å². The van der Waals surface area contributed by atoms with Gasteiger partial charge in [0.15, 0.2) is 11.5 Å². The first-order chi connectivity index (χ1) is 15.9. The van der Waals surface area contributed by atoms with Crippen LogP contribution in [0.15, 0.2) is 60.7 Å². The number of ether oxygens (including phenoxy) is 2. The molecular formula is C27H28N2O4. The number of carbonyl (C=O) groups is 2. The predicted octanol–water partition coefficient (Wildman–Crippen LogP) is 5.05. The first-order valence-corrected chi connectivity index (χ1v) is 10.9. The summed E-state index contributed by atoms with van der Waals surface area (Å²) >= 11 is 0. The quantitative estimate of drug-likeness (QED) is 0.554. The number of benzene rings is 3. The summed E-state index contributed by atoms with van der Waals surface area (Å²) < 4.78 is 10.8. The van der Waals surface area contributed by atoms with E-state index in [0.717, 1.165) is 27.9 Å². The summed E-state index contributed by atoms with van der Waals surface area (Å²) in [4.78, 5) is 28.2. The van der Waals surface area contributed by atoms with E-state index < -0.39 is 6.04 Å². The number of carbonyl (C=O) groups excluding carboxylic acids is 2. The zero-order chi connectivity index (χ0) is 23.5. The summed E-state index contributed by atoms with van der Waals surface area (Å²) in [5.41, 5.74) is 5.35. The van der Waals surface area contributed by atoms with E-state index in [2.05, 4.69) is 5.32 Å². The minimum absolute atomic E-state index is 0.0790. The lowest BCUT2D eigenvalue weighted by molar-refractivity contribution is -0.117. The Hall–Kier alpha value is -3.80. The van der Waals surface area contributed by atoms with Crippen LogP contribution in [0, 0.1) is 13.8 Å². The van der Waals surface area contributed by atoms with Crippen molar-refractivity contribution in [3.05, 3.63) is 88.5 Å². The number of nitrogens with one attached hydrogen (secondary N) is 1. The zero-order valence-corrected chi connectivity index (χ0v) is 19.3. The topological polar surface area (TPSA) is 67.9 Å². The monoisotopic (exact) mass is 444 g/mol. The maximum absolute atomic E-state index is 13.3. The van der Waals surface area contributed by atoms with Gasteiger partial charge in [-0.1, -0.05) is 42.0 Å². The average molecular weight is 445 g/mol. The first kappa shape index (κ1) is 22.4. The molecule has 2 amide bonds. The standard InChI is InChI=1S/C27H28N2O4/c1-17-9-11-22(18(2)13-17)28-26(30)15-23(19-10-12-24(32-3)25(14-19)33-4)29-16-20-7-5-6-8-21(20)27(29)31/h5-14,23H,15-16H2,1-4H3,(H,28,30)/t23-/m0/s1. The van der Waals surface area contributed by atoms with Crippen LogP contribution in [-0.2, 0) is 11.3 Å². The van der Waals surface area contributed by atoms with Gasteiger partial charge < -0.3 is 19.7 Å². The third-order valence-corrected chi connectivity index (χ3v) is 6.05. The number of rotatable bonds is 7. The van der Waals surface area contributed by atoms with Gasteiger partial charge in [-0.05, 0) is 54.8 Å². The molecule has 4 rings (SSSR count). The lowest BCUT2D eigenvalue weighted by Gasteiger charge is -2.28. The second kappa shape index (κ2) is 9.36. The lowest BCUT2D eigenvalue weighted by Crippen LogP contribution is -2.32. The predicted molar refractivity (Wildman–Crippen MR) is 128 cm³/mol. The highest BCUT2D eigenvalue weighted by Crippen LogP contribution is 2.37. The van der Waals surface area contributed by atoms with Crippen LogP contribution >= 0.6 is 0 Å². The Balaban J connectivity index is 1.66. The van der Waals surface area contributed by atoms with Crippen molar-refractivity contribution in [3.63, 3.8) is 0 Å². The molecule has 3 aromatic rings. The zero-order valence-electron chi connectivity index (χ0n) is 19.3. The normalized spacial score (nSPS) is 13.5. The number of fused-ring (bicyclic) bond motifs is 1. The van der Waals surface area contributed by atoms with Crippen molar-refractivity contribution in [2.24, 2.45) is 0 Å². The Bertz CT molecular complexity index is 1200. The number of amides is 2. The molecule has 0 spiro atoms. The summed E-state index contributed by atoms with van der Waals surface area (Å²) in [5, 5.41) is 3.02. The van der Waals surface area contributed by atoms with E-state index in [-0.39, 0.29) is 18.2 Å². The summed E-state index contributed by atoms with van der Waals surface area (Å²) in [6.07, 6.45) is 0.114. The molecule has 3 aromatic carbocycles. The summed E-state index contributed by atoms with van der Waals surface area (Å²) in [7, 11) is 3.15. The van der Waals surface area contributed by atoms with Crippen molar-refractivity contribution in [2.45, 2.75) is 32.9 Å². The molecule has 0 unspecified atom stereocenters. The van der Waals surface area contributed by atoms with Crippen molar-refractivity contribution in [2.75, 3.05) is 19.5 Å². The molecule has 0 saturated heterocycles. The summed E-state index contributed by atoms with van der Waals surface area (Å²) in [5.74, 6) is 0.907. The third kappa shape index (κ3) is 4.55. The molecule has 0 aliphatic carbocycles. The summed E-state index contributed by atoms with van der Waals surface area (Å²) in [6.45, 7) is 4.43. The van der Waals surface area contributed by atoms with Crippen molar-refractivity contribution >= 4 is 17.5 Å². The van der Waals surface area contributed by atoms with E-state index in [9.17, 15) is 9.59 Å². The molecule has 1 aliphatic heterocycles. The van der Waals surface area contributed by atoms with Gasteiger partial charge in [0.1, 0.15) is 0 Å². The Morgan fingerprint density at radius 2 is 1.76 bits per heavy atom. The Morgan fingerprint density at radius 3 is 2.45 bits per heavy atom. The van der Waals surface area contributed by atoms with E-state index in [1.807, 2.05) is 68.4 Å². The number of hydrogen-bond acceptors (Lipinski definition) is 4. The Morgan fingerprint density at radius 1 is 1.00 bits per heavy atom. The number of methoxy groups -OCH3 is 2. The van der Waals surface area contributed by atoms with Gasteiger partial charge in [-0.3, -0.25) is 9.59 Å². The molecule has 170 valence electrons. The van der Waals surface area contributed by atoms with Gasteiger partial charge in [-0.25, -0.2) is 0 Å². The molecule has 1 aliphatic rings. The number of nitrogens with zero attached hydrogens (tertiary/aromatic N) is 1. The van der Waals surface area contributed by atoms with Gasteiger partial charge in [-0.15, -0.1) is 0 Å². The highest BCUT2D eigenvalue weighted by Gasteiger charge is 2.35. The molecule has 33 heavy (non-hydrogen) atoms. The maximum Gasteiger partial charge on any atom is 0.255 e. The van der Waals surface area contributed by atoms with Crippen molar-refractivity contribution in [1.29, 1.82) is 0 Å². The van der Waals surface area contributed by atoms with Crippen LogP contribution in [-0.4, -0.2) is 30.9 Å². The van der Waals surface area contributed by atoms with Crippen LogP contribution < -0.4 is 14.8 Å². The van der Waals surface area contributed by atoms with E-state index in [1.54, 1.807) is 25.2 Å². The van der Waals surface area contributed by atoms with Gasteiger partial charge in [-0.2, -0.15) is 0 Å². The molecule has 0 bridgehead atoms. The van der Waals surface area contributed by atoms with Crippen LogP contribution in [0.1, 0.15) is 45.1 Å². The van der Waals surface area contributed by atoms with Crippen molar-refractivity contribution in [3.8, 4) is 11.5 Å². The molecule has 1 atom stereocenters. The minimum atomic E-state index is -0.463. The van der Waals surface area contributed by atoms with Crippen LogP contribution in [0.25, 0.3) is 0 Å². The van der Waals surface area contributed by atoms with E-state index in [4.69, 9.17) is 9.47 Å². The van der Waals surface area contributed by atoms with Gasteiger partial charge in [0.2, 0.25) is 5.91 Å². The average Bonchev–Trinajstić information content (AvgIpc) is 3.15. The highest BCUT2D eigenvalue weighted by molar-refractivity contribution is 5.99. The van der Waals surface area contributed by atoms with Crippen LogP contribution in [0.5, 0.6) is 11.5 Å². The minimum Gasteiger partial charge on any atom is -0.493 e. The largest absolute Gasteiger partial charge is 0.493 e. The molecule has 6 heteroatoms.